The third-order valence-electron chi connectivity index (χ3n) is 0.143. The molecule has 0 atom stereocenters. The lowest BCUT2D eigenvalue weighted by molar-refractivity contribution is 0.308. The first kappa shape index (κ1) is 11.9. The standard InChI is InChI=1S/C4H8.C2F4/c1-4(2)3;3-1(4)2(5)6/h1H2,2-3H3;. The summed E-state index contributed by atoms with van der Waals surface area (Å²) in [5.41, 5.74) is 1.17. The van der Waals surface area contributed by atoms with Crippen LogP contribution < -0.4 is 0 Å². The summed E-state index contributed by atoms with van der Waals surface area (Å²) in [6.07, 6.45) is -5.81. The van der Waals surface area contributed by atoms with Crippen molar-refractivity contribution in [1.82, 2.24) is 0 Å². The molecular formula is C6H8F4. The van der Waals surface area contributed by atoms with Crippen LogP contribution >= 0.6 is 0 Å². The minimum atomic E-state index is -2.91. The van der Waals surface area contributed by atoms with Crippen molar-refractivity contribution in [2.24, 2.45) is 0 Å². The van der Waals surface area contributed by atoms with E-state index in [0.717, 1.165) is 0 Å². The fraction of sp³-hybridized carbons (Fsp3) is 0.333. The molecule has 0 fully saturated rings. The Morgan fingerprint density at radius 3 is 1.00 bits per heavy atom. The van der Waals surface area contributed by atoms with Crippen LogP contribution in [-0.4, -0.2) is 0 Å². The van der Waals surface area contributed by atoms with Crippen LogP contribution in [0.2, 0.25) is 0 Å². The highest BCUT2D eigenvalue weighted by Gasteiger charge is 1.98. The normalized spacial score (nSPS) is 7.40. The van der Waals surface area contributed by atoms with Crippen molar-refractivity contribution in [2.75, 3.05) is 0 Å². The van der Waals surface area contributed by atoms with Gasteiger partial charge in [-0.1, -0.05) is 5.57 Å². The number of rotatable bonds is 0. The van der Waals surface area contributed by atoms with Crippen molar-refractivity contribution in [3.8, 4) is 0 Å². The summed E-state index contributed by atoms with van der Waals surface area (Å²) < 4.78 is 41.1. The Kier molecular flexibility index (Phi) is 7.54. The van der Waals surface area contributed by atoms with E-state index in [9.17, 15) is 17.6 Å². The van der Waals surface area contributed by atoms with Crippen molar-refractivity contribution in [1.29, 1.82) is 0 Å². The third-order valence-corrected chi connectivity index (χ3v) is 0.143. The Labute approximate surface area is 56.9 Å². The maximum absolute atomic E-state index is 10.3. The monoisotopic (exact) mass is 156 g/mol. The maximum atomic E-state index is 10.3. The van der Waals surface area contributed by atoms with E-state index < -0.39 is 12.2 Å². The van der Waals surface area contributed by atoms with Gasteiger partial charge in [-0.15, -0.1) is 6.58 Å². The number of halogens is 4. The van der Waals surface area contributed by atoms with Crippen LogP contribution in [0.25, 0.3) is 0 Å². The van der Waals surface area contributed by atoms with Crippen LogP contribution in [0.5, 0.6) is 0 Å². The van der Waals surface area contributed by atoms with Crippen molar-refractivity contribution < 1.29 is 17.6 Å². The molecule has 0 aromatic heterocycles. The van der Waals surface area contributed by atoms with E-state index in [1.807, 2.05) is 13.8 Å². The molecule has 4 heteroatoms. The maximum Gasteiger partial charge on any atom is 0.334 e. The van der Waals surface area contributed by atoms with E-state index >= 15 is 0 Å². The topological polar surface area (TPSA) is 0 Å². The molecule has 0 radical (unpaired) electrons. The largest absolute Gasteiger partial charge is 0.334 e. The van der Waals surface area contributed by atoms with E-state index in [0.29, 0.717) is 0 Å². The zero-order valence-corrected chi connectivity index (χ0v) is 5.72. The van der Waals surface area contributed by atoms with E-state index in [4.69, 9.17) is 0 Å². The molecule has 0 rings (SSSR count). The minimum absolute atomic E-state index is 1.17. The zero-order valence-electron chi connectivity index (χ0n) is 5.72. The Hall–Kier alpha value is -0.800. The summed E-state index contributed by atoms with van der Waals surface area (Å²) >= 11 is 0. The highest BCUT2D eigenvalue weighted by molar-refractivity contribution is 4.79. The summed E-state index contributed by atoms with van der Waals surface area (Å²) in [7, 11) is 0. The predicted molar refractivity (Wildman–Crippen MR) is 31.9 cm³/mol. The number of allylic oxidation sites excluding steroid dienone is 1. The molecule has 0 saturated carbocycles. The molecule has 0 saturated heterocycles. The summed E-state index contributed by atoms with van der Waals surface area (Å²) in [6, 6.07) is 0. The van der Waals surface area contributed by atoms with Gasteiger partial charge in [0.15, 0.2) is 0 Å². The predicted octanol–water partition coefficient (Wildman–Crippen LogP) is 3.57. The molecule has 10 heavy (non-hydrogen) atoms. The van der Waals surface area contributed by atoms with Crippen molar-refractivity contribution in [3.63, 3.8) is 0 Å². The summed E-state index contributed by atoms with van der Waals surface area (Å²) in [6.45, 7) is 7.50. The molecule has 60 valence electrons. The zero-order chi connectivity index (χ0) is 8.73. The molecule has 0 aliphatic carbocycles. The van der Waals surface area contributed by atoms with Gasteiger partial charge in [0.2, 0.25) is 0 Å². The first-order valence-corrected chi connectivity index (χ1v) is 2.36. The van der Waals surface area contributed by atoms with E-state index in [1.54, 1.807) is 0 Å². The summed E-state index contributed by atoms with van der Waals surface area (Å²) in [5.74, 6) is 0. The highest BCUT2D eigenvalue weighted by atomic mass is 19.3. The fourth-order valence-corrected chi connectivity index (χ4v) is 0. The van der Waals surface area contributed by atoms with E-state index in [2.05, 4.69) is 6.58 Å². The van der Waals surface area contributed by atoms with Crippen molar-refractivity contribution in [2.45, 2.75) is 13.8 Å². The van der Waals surface area contributed by atoms with Gasteiger partial charge < -0.3 is 0 Å². The van der Waals surface area contributed by atoms with Crippen LogP contribution in [0.4, 0.5) is 17.6 Å². The second kappa shape index (κ2) is 6.32. The van der Waals surface area contributed by atoms with Gasteiger partial charge in [-0.05, 0) is 13.8 Å². The second-order valence-corrected chi connectivity index (χ2v) is 1.73. The smallest absolute Gasteiger partial charge is 0.167 e. The van der Waals surface area contributed by atoms with Crippen molar-refractivity contribution in [3.05, 3.63) is 24.3 Å². The van der Waals surface area contributed by atoms with Crippen LogP contribution in [0, 0.1) is 0 Å². The number of hydrogen-bond donors (Lipinski definition) is 0. The average molecular weight is 156 g/mol. The van der Waals surface area contributed by atoms with E-state index in [-0.39, 0.29) is 0 Å². The molecule has 0 amide bonds. The van der Waals surface area contributed by atoms with Crippen LogP contribution in [-0.2, 0) is 0 Å². The molecule has 0 N–H and O–H groups in total. The average Bonchev–Trinajstić information content (AvgIpc) is 1.63. The Morgan fingerprint density at radius 2 is 1.00 bits per heavy atom. The first-order valence-electron chi connectivity index (χ1n) is 2.36. The molecule has 0 aliphatic rings. The molecule has 0 nitrogen and oxygen atoms in total. The SMILES string of the molecule is C=C(C)C.FC(F)=C(F)F. The third kappa shape index (κ3) is 27.0. The van der Waals surface area contributed by atoms with Gasteiger partial charge >= 0.3 is 12.2 Å². The lowest BCUT2D eigenvalue weighted by atomic mass is 10.4. The molecule has 0 bridgehead atoms. The quantitative estimate of drug-likeness (QED) is 0.371. The lowest BCUT2D eigenvalue weighted by Gasteiger charge is -1.69. The Balaban J connectivity index is 0. The van der Waals surface area contributed by atoms with Gasteiger partial charge in [-0.25, -0.2) is 0 Å². The van der Waals surface area contributed by atoms with Gasteiger partial charge in [0.25, 0.3) is 0 Å². The van der Waals surface area contributed by atoms with Gasteiger partial charge in [0.05, 0.1) is 0 Å². The van der Waals surface area contributed by atoms with E-state index in [1.165, 1.54) is 5.57 Å². The Bertz CT molecular complexity index is 115. The molecule has 0 spiro atoms. The molecule has 0 unspecified atom stereocenters. The Morgan fingerprint density at radius 1 is 0.900 bits per heavy atom. The molecule has 0 heterocycles. The lowest BCUT2D eigenvalue weighted by Crippen LogP contribution is -1.56. The molecular weight excluding hydrogens is 148 g/mol. The highest BCUT2D eigenvalue weighted by Crippen LogP contribution is 2.08. The van der Waals surface area contributed by atoms with Gasteiger partial charge in [-0.2, -0.15) is 17.6 Å². The second-order valence-electron chi connectivity index (χ2n) is 1.73. The minimum Gasteiger partial charge on any atom is -0.167 e. The first-order chi connectivity index (χ1) is 4.37. The van der Waals surface area contributed by atoms with Crippen LogP contribution in [0.3, 0.4) is 0 Å². The van der Waals surface area contributed by atoms with Crippen LogP contribution in [0.1, 0.15) is 13.8 Å². The number of hydrogen-bond acceptors (Lipinski definition) is 0. The summed E-state index contributed by atoms with van der Waals surface area (Å²) in [5, 5.41) is 0. The summed E-state index contributed by atoms with van der Waals surface area (Å²) in [4.78, 5) is 0. The molecule has 0 aliphatic heterocycles. The molecule has 0 aromatic carbocycles. The van der Waals surface area contributed by atoms with Gasteiger partial charge in [-0.3, -0.25) is 0 Å². The van der Waals surface area contributed by atoms with Gasteiger partial charge in [0, 0.05) is 0 Å². The molecule has 0 aromatic rings. The van der Waals surface area contributed by atoms with Crippen LogP contribution in [0.15, 0.2) is 24.3 Å². The van der Waals surface area contributed by atoms with Crippen molar-refractivity contribution >= 4 is 0 Å². The fourth-order valence-electron chi connectivity index (χ4n) is 0. The van der Waals surface area contributed by atoms with Gasteiger partial charge in [0.1, 0.15) is 0 Å².